The molecule has 3 aliphatic carbocycles. The number of aromatic nitrogens is 5. The number of hydrogen-bond donors (Lipinski definition) is 1. The van der Waals surface area contributed by atoms with Gasteiger partial charge < -0.3 is 9.84 Å². The van der Waals surface area contributed by atoms with E-state index in [-0.39, 0.29) is 35.7 Å². The molecule has 186 valence electrons. The van der Waals surface area contributed by atoms with Crippen LogP contribution in [0.1, 0.15) is 30.5 Å². The molecule has 3 fully saturated rings. The lowest BCUT2D eigenvalue weighted by Gasteiger charge is -2.74. The molecule has 1 N–H and O–H groups in total. The molecule has 2 heterocycles. The van der Waals surface area contributed by atoms with Crippen molar-refractivity contribution in [3.63, 3.8) is 0 Å². The van der Waals surface area contributed by atoms with E-state index in [1.54, 1.807) is 12.1 Å². The van der Waals surface area contributed by atoms with Crippen molar-refractivity contribution in [3.05, 3.63) is 65.2 Å². The van der Waals surface area contributed by atoms with Crippen LogP contribution in [-0.2, 0) is 17.6 Å². The summed E-state index contributed by atoms with van der Waals surface area (Å²) < 4.78 is 75.1. The number of benzene rings is 1. The van der Waals surface area contributed by atoms with E-state index < -0.39 is 41.7 Å². The third kappa shape index (κ3) is 3.83. The van der Waals surface area contributed by atoms with Gasteiger partial charge in [-0.15, -0.1) is 5.10 Å². The fourth-order valence-electron chi connectivity index (χ4n) is 5.38. The van der Waals surface area contributed by atoms with E-state index in [1.165, 1.54) is 30.5 Å². The Morgan fingerprint density at radius 2 is 1.71 bits per heavy atom. The van der Waals surface area contributed by atoms with Crippen LogP contribution >= 0.6 is 11.6 Å². The van der Waals surface area contributed by atoms with Crippen molar-refractivity contribution < 1.29 is 31.8 Å². The van der Waals surface area contributed by atoms with Gasteiger partial charge in [0.1, 0.15) is 12.1 Å². The number of aliphatic hydroxyl groups is 1. The topological polar surface area (TPSA) is 86.0 Å². The summed E-state index contributed by atoms with van der Waals surface area (Å²) in [5.41, 5.74) is -4.25. The van der Waals surface area contributed by atoms with Crippen LogP contribution in [0.3, 0.4) is 0 Å². The first kappa shape index (κ1) is 23.9. The van der Waals surface area contributed by atoms with Gasteiger partial charge in [-0.1, -0.05) is 23.7 Å². The molecule has 3 aromatic rings. The van der Waals surface area contributed by atoms with Gasteiger partial charge in [-0.25, -0.2) is 13.5 Å². The highest BCUT2D eigenvalue weighted by Crippen LogP contribution is 2.80. The van der Waals surface area contributed by atoms with Crippen molar-refractivity contribution in [2.75, 3.05) is 6.61 Å². The van der Waals surface area contributed by atoms with E-state index in [4.69, 9.17) is 16.3 Å². The molecule has 3 saturated carbocycles. The zero-order chi connectivity index (χ0) is 25.1. The predicted molar refractivity (Wildman–Crippen MR) is 112 cm³/mol. The van der Waals surface area contributed by atoms with E-state index in [9.17, 15) is 18.3 Å². The quantitative estimate of drug-likeness (QED) is 0.450. The summed E-state index contributed by atoms with van der Waals surface area (Å²) >= 11 is 5.86. The number of hydrogen-bond acceptors (Lipinski definition) is 6. The summed E-state index contributed by atoms with van der Waals surface area (Å²) in [6.07, 6.45) is -1.85. The fraction of sp³-hybridized carbons (Fsp3) is 0.455. The van der Waals surface area contributed by atoms with E-state index in [2.05, 4.69) is 20.5 Å². The lowest BCUT2D eigenvalue weighted by Crippen LogP contribution is -2.76. The minimum absolute atomic E-state index is 0.0438. The largest absolute Gasteiger partial charge is 0.484 e. The van der Waals surface area contributed by atoms with Crippen LogP contribution in [0.2, 0.25) is 5.02 Å². The summed E-state index contributed by atoms with van der Waals surface area (Å²) in [5.74, 6) is -3.56. The highest BCUT2D eigenvalue weighted by molar-refractivity contribution is 6.30. The minimum Gasteiger partial charge on any atom is -0.484 e. The van der Waals surface area contributed by atoms with Gasteiger partial charge in [0.25, 0.3) is 5.92 Å². The summed E-state index contributed by atoms with van der Waals surface area (Å²) in [6, 6.07) is 8.62. The Balaban J connectivity index is 1.37. The molecule has 2 aromatic heterocycles. The molecule has 6 rings (SSSR count). The van der Waals surface area contributed by atoms with E-state index in [0.717, 1.165) is 16.6 Å². The SMILES string of the molecule is O[C@](Cn1cnnn1)(c1ccc(Cl)cn1)C(F)(F)C12CC(c3ccc(OCC(F)(F)F)cc3)(C1)C2. The second kappa shape index (κ2) is 7.82. The zero-order valence-electron chi connectivity index (χ0n) is 18.0. The van der Waals surface area contributed by atoms with Crippen LogP contribution in [0.4, 0.5) is 22.0 Å². The first-order chi connectivity index (χ1) is 16.4. The van der Waals surface area contributed by atoms with Gasteiger partial charge in [0.15, 0.2) is 12.2 Å². The molecule has 2 bridgehead atoms. The van der Waals surface area contributed by atoms with Crippen LogP contribution < -0.4 is 4.74 Å². The Hall–Kier alpha value is -2.86. The molecule has 0 unspecified atom stereocenters. The Morgan fingerprint density at radius 3 is 2.26 bits per heavy atom. The third-order valence-corrected chi connectivity index (χ3v) is 7.24. The average Bonchev–Trinajstić information content (AvgIpc) is 3.23. The normalized spacial score (nSPS) is 25.3. The van der Waals surface area contributed by atoms with Crippen molar-refractivity contribution in [1.82, 2.24) is 25.2 Å². The summed E-state index contributed by atoms with van der Waals surface area (Å²) in [5, 5.41) is 22.2. The average molecular weight is 516 g/mol. The molecule has 7 nitrogen and oxygen atoms in total. The number of pyridine rings is 1. The van der Waals surface area contributed by atoms with Crippen molar-refractivity contribution in [1.29, 1.82) is 0 Å². The molecule has 0 radical (unpaired) electrons. The van der Waals surface area contributed by atoms with E-state index >= 15 is 8.78 Å². The van der Waals surface area contributed by atoms with Crippen LogP contribution in [-0.4, -0.2) is 49.0 Å². The van der Waals surface area contributed by atoms with Gasteiger partial charge in [0, 0.05) is 11.6 Å². The number of tetrazole rings is 1. The molecule has 0 amide bonds. The molecule has 0 aliphatic heterocycles. The molecule has 1 aromatic carbocycles. The lowest BCUT2D eigenvalue weighted by atomic mass is 9.30. The second-order valence-corrected chi connectivity index (χ2v) is 9.76. The molecular formula is C22H19ClF5N5O2. The number of halogens is 6. The Bertz CT molecular complexity index is 1180. The number of alkyl halides is 5. The van der Waals surface area contributed by atoms with Crippen molar-refractivity contribution in [2.24, 2.45) is 5.41 Å². The third-order valence-electron chi connectivity index (χ3n) is 7.02. The first-order valence-corrected chi connectivity index (χ1v) is 11.0. The molecule has 3 aliphatic rings. The predicted octanol–water partition coefficient (Wildman–Crippen LogP) is 4.31. The first-order valence-electron chi connectivity index (χ1n) is 10.6. The molecule has 0 saturated heterocycles. The molecule has 1 atom stereocenters. The van der Waals surface area contributed by atoms with Gasteiger partial charge in [-0.2, -0.15) is 13.2 Å². The molecule has 13 heteroatoms. The highest BCUT2D eigenvalue weighted by Gasteiger charge is 2.82. The number of rotatable bonds is 8. The zero-order valence-corrected chi connectivity index (χ0v) is 18.8. The van der Waals surface area contributed by atoms with Gasteiger partial charge >= 0.3 is 6.18 Å². The molecule has 35 heavy (non-hydrogen) atoms. The number of ether oxygens (including phenoxy) is 1. The maximum absolute atomic E-state index is 16.1. The van der Waals surface area contributed by atoms with Crippen LogP contribution in [0, 0.1) is 5.41 Å². The Labute approximate surface area is 200 Å². The Morgan fingerprint density at radius 1 is 1.03 bits per heavy atom. The van der Waals surface area contributed by atoms with Gasteiger partial charge in [0.05, 0.1) is 17.3 Å². The summed E-state index contributed by atoms with van der Waals surface area (Å²) in [4.78, 5) is 3.97. The van der Waals surface area contributed by atoms with E-state index in [1.807, 2.05) is 0 Å². The lowest BCUT2D eigenvalue weighted by molar-refractivity contribution is -0.348. The smallest absolute Gasteiger partial charge is 0.422 e. The van der Waals surface area contributed by atoms with Gasteiger partial charge in [-0.05, 0) is 64.9 Å². The van der Waals surface area contributed by atoms with Crippen LogP contribution in [0.5, 0.6) is 5.75 Å². The highest BCUT2D eigenvalue weighted by atomic mass is 35.5. The maximum Gasteiger partial charge on any atom is 0.422 e. The summed E-state index contributed by atoms with van der Waals surface area (Å²) in [6.45, 7) is -2.03. The monoisotopic (exact) mass is 515 g/mol. The maximum atomic E-state index is 16.1. The summed E-state index contributed by atoms with van der Waals surface area (Å²) in [7, 11) is 0. The van der Waals surface area contributed by atoms with Crippen molar-refractivity contribution >= 4 is 11.6 Å². The molecular weight excluding hydrogens is 497 g/mol. The van der Waals surface area contributed by atoms with Crippen LogP contribution in [0.15, 0.2) is 48.9 Å². The fourth-order valence-corrected chi connectivity index (χ4v) is 5.50. The van der Waals surface area contributed by atoms with Crippen molar-refractivity contribution in [2.45, 2.75) is 48.9 Å². The second-order valence-electron chi connectivity index (χ2n) is 9.32. The minimum atomic E-state index is -4.46. The van der Waals surface area contributed by atoms with Gasteiger partial charge in [-0.3, -0.25) is 4.98 Å². The Kier molecular flexibility index (Phi) is 5.33. The number of nitrogens with zero attached hydrogens (tertiary/aromatic N) is 5. The van der Waals surface area contributed by atoms with Crippen LogP contribution in [0.25, 0.3) is 0 Å². The van der Waals surface area contributed by atoms with Gasteiger partial charge in [0.2, 0.25) is 0 Å². The van der Waals surface area contributed by atoms with E-state index in [0.29, 0.717) is 0 Å². The molecule has 0 spiro atoms. The van der Waals surface area contributed by atoms with Crippen molar-refractivity contribution in [3.8, 4) is 5.75 Å². The standard InChI is InChI=1S/C22H19ClF5N5O2/c23-15-3-6-17(29-7-15)20(34,11-33-13-30-31-32-33)22(27,28)19-8-18(9-19,10-19)14-1-4-16(5-2-14)35-12-21(24,25)26/h1-7,13,34H,8-12H2/t18?,19?,20-/m1/s1.